The zero-order chi connectivity index (χ0) is 22.4. The Bertz CT molecular complexity index is 1060. The topological polar surface area (TPSA) is 148 Å². The standard InChI is InChI=1S/C21H27N7O3.ClH/c1-12-18(19(29)27-17(10-22)20(30)31-3)13(2)26-21(25-12)23-9-5-7-14-6-4-8-16-15(14)11-24-28-16;/h4,6,8,11,17H,5,7,9-10,22H2,1-3H3,(H,24,28)(H,27,29)(H,23,25,26);1H/t17-;/m0./s1. The first-order valence-electron chi connectivity index (χ1n) is 10.0. The third-order valence-electron chi connectivity index (χ3n) is 5.01. The predicted molar refractivity (Wildman–Crippen MR) is 124 cm³/mol. The van der Waals surface area contributed by atoms with Crippen LogP contribution in [0.2, 0.25) is 0 Å². The number of benzene rings is 1. The Morgan fingerprint density at radius 3 is 2.59 bits per heavy atom. The number of H-pyrrole nitrogens is 1. The van der Waals surface area contributed by atoms with E-state index in [1.165, 1.54) is 12.7 Å². The van der Waals surface area contributed by atoms with Gasteiger partial charge in [0.2, 0.25) is 5.95 Å². The lowest BCUT2D eigenvalue weighted by Gasteiger charge is -2.16. The molecular formula is C21H28ClN7O3. The van der Waals surface area contributed by atoms with Crippen LogP contribution in [0.4, 0.5) is 5.95 Å². The van der Waals surface area contributed by atoms with Gasteiger partial charge in [-0.25, -0.2) is 14.8 Å². The lowest BCUT2D eigenvalue weighted by Crippen LogP contribution is -2.46. The van der Waals surface area contributed by atoms with Crippen molar-refractivity contribution in [2.45, 2.75) is 32.7 Å². The van der Waals surface area contributed by atoms with Gasteiger partial charge < -0.3 is 21.1 Å². The second kappa shape index (κ2) is 11.4. The number of ether oxygens (including phenoxy) is 1. The Morgan fingerprint density at radius 2 is 1.94 bits per heavy atom. The summed E-state index contributed by atoms with van der Waals surface area (Å²) in [6.07, 6.45) is 3.61. The quantitative estimate of drug-likeness (QED) is 0.278. The molecule has 2 heterocycles. The number of aryl methyl sites for hydroxylation is 3. The van der Waals surface area contributed by atoms with Crippen LogP contribution in [0.15, 0.2) is 24.4 Å². The summed E-state index contributed by atoms with van der Waals surface area (Å²) < 4.78 is 4.65. The molecule has 0 bridgehead atoms. The number of fused-ring (bicyclic) bond motifs is 1. The molecule has 1 amide bonds. The van der Waals surface area contributed by atoms with Crippen molar-refractivity contribution in [2.75, 3.05) is 25.5 Å². The fourth-order valence-corrected chi connectivity index (χ4v) is 3.44. The molecule has 11 heteroatoms. The van der Waals surface area contributed by atoms with Gasteiger partial charge in [0.25, 0.3) is 5.91 Å². The van der Waals surface area contributed by atoms with Crippen LogP contribution in [0.1, 0.15) is 33.7 Å². The summed E-state index contributed by atoms with van der Waals surface area (Å²) in [7, 11) is 1.24. The lowest BCUT2D eigenvalue weighted by atomic mass is 10.1. The van der Waals surface area contributed by atoms with Crippen LogP contribution in [0.5, 0.6) is 0 Å². The Kier molecular flexibility index (Phi) is 8.91. The molecule has 32 heavy (non-hydrogen) atoms. The van der Waals surface area contributed by atoms with Crippen molar-refractivity contribution in [3.8, 4) is 0 Å². The molecule has 3 rings (SSSR count). The van der Waals surface area contributed by atoms with Crippen molar-refractivity contribution in [3.05, 3.63) is 46.9 Å². The van der Waals surface area contributed by atoms with E-state index < -0.39 is 17.9 Å². The van der Waals surface area contributed by atoms with E-state index in [-0.39, 0.29) is 19.0 Å². The molecule has 1 atom stereocenters. The van der Waals surface area contributed by atoms with Gasteiger partial charge in [0.1, 0.15) is 6.04 Å². The Balaban J connectivity index is 0.00000363. The number of hydrogen-bond acceptors (Lipinski definition) is 8. The van der Waals surface area contributed by atoms with E-state index in [4.69, 9.17) is 5.73 Å². The van der Waals surface area contributed by atoms with Gasteiger partial charge in [0, 0.05) is 18.5 Å². The molecule has 0 aliphatic heterocycles. The number of hydrogen-bond donors (Lipinski definition) is 4. The molecule has 0 saturated heterocycles. The van der Waals surface area contributed by atoms with Crippen molar-refractivity contribution in [1.29, 1.82) is 0 Å². The summed E-state index contributed by atoms with van der Waals surface area (Å²) in [5, 5.41) is 14.0. The van der Waals surface area contributed by atoms with Gasteiger partial charge in [0.05, 0.1) is 35.8 Å². The van der Waals surface area contributed by atoms with Crippen molar-refractivity contribution in [2.24, 2.45) is 5.73 Å². The Hall–Kier alpha value is -3.24. The van der Waals surface area contributed by atoms with Gasteiger partial charge in [-0.2, -0.15) is 5.10 Å². The molecule has 2 aromatic heterocycles. The Morgan fingerprint density at radius 1 is 1.22 bits per heavy atom. The largest absolute Gasteiger partial charge is 0.467 e. The average Bonchev–Trinajstić information content (AvgIpc) is 3.23. The van der Waals surface area contributed by atoms with E-state index in [9.17, 15) is 9.59 Å². The van der Waals surface area contributed by atoms with E-state index in [1.54, 1.807) is 13.8 Å². The number of nitrogens with two attached hydrogens (primary N) is 1. The van der Waals surface area contributed by atoms with Gasteiger partial charge in [0.15, 0.2) is 0 Å². The first kappa shape index (κ1) is 25.0. The fraction of sp³-hybridized carbons (Fsp3) is 0.381. The third-order valence-corrected chi connectivity index (χ3v) is 5.01. The smallest absolute Gasteiger partial charge is 0.329 e. The molecule has 10 nitrogen and oxygen atoms in total. The van der Waals surface area contributed by atoms with E-state index in [2.05, 4.69) is 41.6 Å². The molecule has 0 fully saturated rings. The van der Waals surface area contributed by atoms with E-state index in [1.807, 2.05) is 18.3 Å². The van der Waals surface area contributed by atoms with Crippen LogP contribution in [0.25, 0.3) is 10.9 Å². The highest BCUT2D eigenvalue weighted by atomic mass is 35.5. The maximum absolute atomic E-state index is 12.6. The van der Waals surface area contributed by atoms with Crippen molar-refractivity contribution in [3.63, 3.8) is 0 Å². The van der Waals surface area contributed by atoms with E-state index >= 15 is 0 Å². The number of methoxy groups -OCH3 is 1. The molecule has 0 aliphatic carbocycles. The number of anilines is 1. The number of aromatic amines is 1. The van der Waals surface area contributed by atoms with Crippen LogP contribution in [-0.4, -0.2) is 58.3 Å². The number of carbonyl (C=O) groups is 2. The molecule has 0 aliphatic rings. The maximum Gasteiger partial charge on any atom is 0.329 e. The number of amides is 1. The number of aromatic nitrogens is 4. The second-order valence-electron chi connectivity index (χ2n) is 7.16. The van der Waals surface area contributed by atoms with Gasteiger partial charge >= 0.3 is 5.97 Å². The number of carbonyl (C=O) groups excluding carboxylic acids is 2. The summed E-state index contributed by atoms with van der Waals surface area (Å²) in [5.74, 6) is -0.608. The number of rotatable bonds is 9. The molecule has 0 saturated carbocycles. The minimum absolute atomic E-state index is 0. The molecule has 0 radical (unpaired) electrons. The van der Waals surface area contributed by atoms with Gasteiger partial charge in [-0.1, -0.05) is 12.1 Å². The second-order valence-corrected chi connectivity index (χ2v) is 7.16. The minimum atomic E-state index is -0.922. The van der Waals surface area contributed by atoms with Crippen molar-refractivity contribution < 1.29 is 14.3 Å². The fourth-order valence-electron chi connectivity index (χ4n) is 3.44. The molecule has 0 spiro atoms. The lowest BCUT2D eigenvalue weighted by molar-refractivity contribution is -0.142. The number of esters is 1. The number of halogens is 1. The van der Waals surface area contributed by atoms with Crippen LogP contribution >= 0.6 is 12.4 Å². The van der Waals surface area contributed by atoms with Gasteiger partial charge in [-0.3, -0.25) is 9.89 Å². The maximum atomic E-state index is 12.6. The van der Waals surface area contributed by atoms with Crippen LogP contribution in [0.3, 0.4) is 0 Å². The number of nitrogens with one attached hydrogen (secondary N) is 3. The first-order valence-corrected chi connectivity index (χ1v) is 10.0. The SMILES string of the molecule is COC(=O)[C@H](CN)NC(=O)c1c(C)nc(NCCCc2cccc3[nH]ncc23)nc1C.Cl. The minimum Gasteiger partial charge on any atom is -0.467 e. The summed E-state index contributed by atoms with van der Waals surface area (Å²) in [5.41, 5.74) is 9.14. The van der Waals surface area contributed by atoms with E-state index in [0.29, 0.717) is 29.4 Å². The highest BCUT2D eigenvalue weighted by Gasteiger charge is 2.23. The average molecular weight is 462 g/mol. The van der Waals surface area contributed by atoms with Crippen LogP contribution in [-0.2, 0) is 16.0 Å². The predicted octanol–water partition coefficient (Wildman–Crippen LogP) is 1.67. The highest BCUT2D eigenvalue weighted by molar-refractivity contribution is 5.98. The molecule has 1 aromatic carbocycles. The van der Waals surface area contributed by atoms with Crippen molar-refractivity contribution in [1.82, 2.24) is 25.5 Å². The monoisotopic (exact) mass is 461 g/mol. The van der Waals surface area contributed by atoms with Crippen molar-refractivity contribution >= 4 is 41.1 Å². The molecule has 172 valence electrons. The van der Waals surface area contributed by atoms with E-state index in [0.717, 1.165) is 23.7 Å². The summed E-state index contributed by atoms with van der Waals surface area (Å²) in [6, 6.07) is 5.19. The zero-order valence-electron chi connectivity index (χ0n) is 18.3. The first-order chi connectivity index (χ1) is 14.9. The van der Waals surface area contributed by atoms with Gasteiger partial charge in [-0.15, -0.1) is 12.4 Å². The zero-order valence-corrected chi connectivity index (χ0v) is 19.1. The Labute approximate surface area is 192 Å². The van der Waals surface area contributed by atoms with Crippen LogP contribution < -0.4 is 16.4 Å². The molecule has 5 N–H and O–H groups in total. The highest BCUT2D eigenvalue weighted by Crippen LogP contribution is 2.18. The molecule has 3 aromatic rings. The van der Waals surface area contributed by atoms with Gasteiger partial charge in [-0.05, 0) is 38.3 Å². The number of nitrogens with zero attached hydrogens (tertiary/aromatic N) is 3. The molecule has 0 unspecified atom stereocenters. The summed E-state index contributed by atoms with van der Waals surface area (Å²) in [6.45, 7) is 4.06. The normalized spacial score (nSPS) is 11.5. The summed E-state index contributed by atoms with van der Waals surface area (Å²) >= 11 is 0. The third kappa shape index (κ3) is 5.71. The van der Waals surface area contributed by atoms with Crippen LogP contribution in [0, 0.1) is 13.8 Å². The molecular weight excluding hydrogens is 434 g/mol. The summed E-state index contributed by atoms with van der Waals surface area (Å²) in [4.78, 5) is 33.1.